The molecule has 0 aromatic rings. The number of rotatable bonds is 2. The van der Waals surface area contributed by atoms with E-state index in [1.54, 1.807) is 0 Å². The maximum atomic E-state index is 12.3. The quantitative estimate of drug-likeness (QED) is 0.758. The van der Waals surface area contributed by atoms with E-state index in [-0.39, 0.29) is 12.5 Å². The zero-order chi connectivity index (χ0) is 12.2. The molecule has 1 heterocycles. The Morgan fingerprint density at radius 3 is 2.81 bits per heavy atom. The molecule has 1 N–H and O–H groups in total. The van der Waals surface area contributed by atoms with Crippen LogP contribution in [0.3, 0.4) is 0 Å². The second-order valence-electron chi connectivity index (χ2n) is 3.66. The summed E-state index contributed by atoms with van der Waals surface area (Å²) in [4.78, 5) is 12.5. The van der Waals surface area contributed by atoms with Crippen molar-refractivity contribution in [1.82, 2.24) is 10.2 Å². The van der Waals surface area contributed by atoms with Crippen molar-refractivity contribution >= 4 is 5.91 Å². The molecule has 0 spiro atoms. The fraction of sp³-hybridized carbons (Fsp3) is 0.778. The number of nitrogens with zero attached hydrogens (tertiary/aromatic N) is 2. The lowest BCUT2D eigenvalue weighted by molar-refractivity contribution is -0.163. The van der Waals surface area contributed by atoms with E-state index in [4.69, 9.17) is 5.26 Å². The van der Waals surface area contributed by atoms with E-state index < -0.39 is 18.6 Å². The molecule has 0 aliphatic carbocycles. The summed E-state index contributed by atoms with van der Waals surface area (Å²) in [7, 11) is 0. The normalized spacial score (nSPS) is 20.8. The number of hydrogen-bond donors (Lipinski definition) is 1. The van der Waals surface area contributed by atoms with Gasteiger partial charge in [-0.2, -0.15) is 18.4 Å². The van der Waals surface area contributed by atoms with Crippen molar-refractivity contribution in [1.29, 1.82) is 5.26 Å². The molecule has 90 valence electrons. The average Bonchev–Trinajstić information content (AvgIpc) is 2.37. The summed E-state index contributed by atoms with van der Waals surface area (Å²) in [6.07, 6.45) is -3.93. The van der Waals surface area contributed by atoms with Gasteiger partial charge in [0.25, 0.3) is 0 Å². The van der Waals surface area contributed by atoms with Crippen LogP contribution in [0.15, 0.2) is 0 Å². The van der Waals surface area contributed by atoms with Gasteiger partial charge >= 0.3 is 6.18 Å². The molecular formula is C9H12F3N3O. The molecule has 4 nitrogen and oxygen atoms in total. The van der Waals surface area contributed by atoms with Crippen LogP contribution in [0, 0.1) is 17.2 Å². The Balaban J connectivity index is 2.57. The third-order valence-corrected chi connectivity index (χ3v) is 2.33. The smallest absolute Gasteiger partial charge is 0.355 e. The molecule has 7 heteroatoms. The number of amides is 1. The number of nitrogens with one attached hydrogen (secondary N) is 1. The van der Waals surface area contributed by atoms with Crippen molar-refractivity contribution in [2.45, 2.75) is 12.6 Å². The van der Waals surface area contributed by atoms with Crippen LogP contribution in [0.5, 0.6) is 0 Å². The van der Waals surface area contributed by atoms with E-state index in [9.17, 15) is 18.0 Å². The van der Waals surface area contributed by atoms with Crippen LogP contribution in [0.2, 0.25) is 0 Å². The van der Waals surface area contributed by atoms with E-state index in [1.807, 2.05) is 0 Å². The number of nitriles is 1. The van der Waals surface area contributed by atoms with Gasteiger partial charge in [-0.3, -0.25) is 9.69 Å². The van der Waals surface area contributed by atoms with Gasteiger partial charge in [-0.25, -0.2) is 0 Å². The Bertz CT molecular complexity index is 297. The van der Waals surface area contributed by atoms with Gasteiger partial charge in [0, 0.05) is 19.6 Å². The molecule has 1 fully saturated rings. The van der Waals surface area contributed by atoms with E-state index in [0.717, 1.165) is 0 Å². The molecule has 0 radical (unpaired) electrons. The highest BCUT2D eigenvalue weighted by molar-refractivity contribution is 5.78. The number of alkyl halides is 3. The van der Waals surface area contributed by atoms with Gasteiger partial charge in [-0.15, -0.1) is 0 Å². The summed E-state index contributed by atoms with van der Waals surface area (Å²) >= 11 is 0. The first-order valence-corrected chi connectivity index (χ1v) is 4.89. The van der Waals surface area contributed by atoms with Gasteiger partial charge in [0.15, 0.2) is 5.92 Å². The fourth-order valence-corrected chi connectivity index (χ4v) is 1.50. The van der Waals surface area contributed by atoms with Crippen LogP contribution in [-0.4, -0.2) is 43.2 Å². The van der Waals surface area contributed by atoms with Gasteiger partial charge in [-0.1, -0.05) is 0 Å². The first kappa shape index (κ1) is 12.8. The molecule has 0 bridgehead atoms. The van der Waals surface area contributed by atoms with E-state index in [2.05, 4.69) is 5.32 Å². The van der Waals surface area contributed by atoms with Crippen LogP contribution < -0.4 is 5.32 Å². The highest BCUT2D eigenvalue weighted by Gasteiger charge is 2.41. The summed E-state index contributed by atoms with van der Waals surface area (Å²) in [5.74, 6) is -2.32. The highest BCUT2D eigenvalue weighted by atomic mass is 19.4. The summed E-state index contributed by atoms with van der Waals surface area (Å²) in [5.41, 5.74) is 0. The lowest BCUT2D eigenvalue weighted by atomic mass is 10.1. The van der Waals surface area contributed by atoms with Crippen molar-refractivity contribution in [2.75, 3.05) is 26.2 Å². The molecule has 1 saturated heterocycles. The monoisotopic (exact) mass is 235 g/mol. The number of halogens is 3. The Morgan fingerprint density at radius 1 is 1.56 bits per heavy atom. The van der Waals surface area contributed by atoms with E-state index in [1.165, 1.54) is 11.0 Å². The summed E-state index contributed by atoms with van der Waals surface area (Å²) < 4.78 is 37.0. The van der Waals surface area contributed by atoms with Gasteiger partial charge in [-0.05, 0) is 6.42 Å². The van der Waals surface area contributed by atoms with E-state index in [0.29, 0.717) is 19.5 Å². The summed E-state index contributed by atoms with van der Waals surface area (Å²) in [6.45, 7) is 0.354. The fourth-order valence-electron chi connectivity index (χ4n) is 1.50. The predicted octanol–water partition coefficient (Wildman–Crippen LogP) is 0.510. The largest absolute Gasteiger partial charge is 0.405 e. The Kier molecular flexibility index (Phi) is 4.12. The first-order chi connectivity index (χ1) is 7.43. The minimum Gasteiger partial charge on any atom is -0.355 e. The molecular weight excluding hydrogens is 223 g/mol. The lowest BCUT2D eigenvalue weighted by Gasteiger charge is -2.22. The molecule has 16 heavy (non-hydrogen) atoms. The van der Waals surface area contributed by atoms with Crippen molar-refractivity contribution in [3.05, 3.63) is 0 Å². The second-order valence-corrected chi connectivity index (χ2v) is 3.66. The van der Waals surface area contributed by atoms with Crippen LogP contribution in [-0.2, 0) is 4.79 Å². The highest BCUT2D eigenvalue weighted by Crippen LogP contribution is 2.26. The number of carbonyl (C=O) groups is 1. The molecule has 0 aromatic heterocycles. The average molecular weight is 235 g/mol. The van der Waals surface area contributed by atoms with Crippen molar-refractivity contribution < 1.29 is 18.0 Å². The SMILES string of the molecule is N#CC(CN1CCCNC(=O)C1)C(F)(F)F. The summed E-state index contributed by atoms with van der Waals surface area (Å²) in [6, 6.07) is 1.23. The second kappa shape index (κ2) is 5.16. The third-order valence-electron chi connectivity index (χ3n) is 2.33. The molecule has 1 atom stereocenters. The van der Waals surface area contributed by atoms with Gasteiger partial charge < -0.3 is 5.32 Å². The molecule has 1 rings (SSSR count). The molecule has 1 aliphatic rings. The predicted molar refractivity (Wildman–Crippen MR) is 49.2 cm³/mol. The zero-order valence-electron chi connectivity index (χ0n) is 8.55. The minimum absolute atomic E-state index is 0.0751. The van der Waals surface area contributed by atoms with Crippen molar-refractivity contribution in [2.24, 2.45) is 5.92 Å². The van der Waals surface area contributed by atoms with Crippen LogP contribution in [0.1, 0.15) is 6.42 Å². The number of carbonyl (C=O) groups excluding carboxylic acids is 1. The topological polar surface area (TPSA) is 56.1 Å². The maximum absolute atomic E-state index is 12.3. The maximum Gasteiger partial charge on any atom is 0.405 e. The van der Waals surface area contributed by atoms with E-state index >= 15 is 0 Å². The Morgan fingerprint density at radius 2 is 2.25 bits per heavy atom. The lowest BCUT2D eigenvalue weighted by Crippen LogP contribution is -2.39. The Hall–Kier alpha value is -1.29. The number of hydrogen-bond acceptors (Lipinski definition) is 3. The standard InChI is InChI=1S/C9H12F3N3O/c10-9(11,12)7(4-13)5-15-3-1-2-14-8(16)6-15/h7H,1-3,5-6H2,(H,14,16). The molecule has 0 saturated carbocycles. The van der Waals surface area contributed by atoms with Crippen molar-refractivity contribution in [3.63, 3.8) is 0 Å². The molecule has 1 unspecified atom stereocenters. The van der Waals surface area contributed by atoms with Crippen LogP contribution in [0.4, 0.5) is 13.2 Å². The van der Waals surface area contributed by atoms with Crippen molar-refractivity contribution in [3.8, 4) is 6.07 Å². The van der Waals surface area contributed by atoms with Gasteiger partial charge in [0.05, 0.1) is 12.6 Å². The zero-order valence-corrected chi connectivity index (χ0v) is 8.55. The molecule has 0 aromatic carbocycles. The Labute approximate surface area is 91.0 Å². The van der Waals surface area contributed by atoms with Gasteiger partial charge in [0.2, 0.25) is 5.91 Å². The summed E-state index contributed by atoms with van der Waals surface area (Å²) in [5, 5.41) is 11.0. The van der Waals surface area contributed by atoms with Crippen LogP contribution in [0.25, 0.3) is 0 Å². The van der Waals surface area contributed by atoms with Gasteiger partial charge in [0.1, 0.15) is 0 Å². The van der Waals surface area contributed by atoms with Crippen LogP contribution >= 0.6 is 0 Å². The minimum atomic E-state index is -4.53. The molecule has 1 aliphatic heterocycles. The third kappa shape index (κ3) is 3.70. The molecule has 1 amide bonds. The first-order valence-electron chi connectivity index (χ1n) is 4.89.